The molecule has 2 nitrogen and oxygen atoms in total. The van der Waals surface area contributed by atoms with Crippen LogP contribution in [-0.2, 0) is 4.79 Å². The first-order valence-corrected chi connectivity index (χ1v) is 3.33. The van der Waals surface area contributed by atoms with E-state index in [0.29, 0.717) is 0 Å². The zero-order valence-corrected chi connectivity index (χ0v) is 7.07. The highest BCUT2D eigenvalue weighted by Gasteiger charge is 2.50. The molecule has 0 unspecified atom stereocenters. The Balaban J connectivity index is 4.89. The summed E-state index contributed by atoms with van der Waals surface area (Å²) in [5.74, 6) is -9.71. The van der Waals surface area contributed by atoms with E-state index in [1.54, 1.807) is 0 Å². The first kappa shape index (κ1) is 11.9. The molecular formula is C7H9F4NO. The van der Waals surface area contributed by atoms with Gasteiger partial charge in [-0.15, -0.1) is 0 Å². The minimum Gasteiger partial charge on any atom is -0.366 e. The summed E-state index contributed by atoms with van der Waals surface area (Å²) in [7, 11) is 0. The zero-order chi connectivity index (χ0) is 10.9. The minimum absolute atomic E-state index is 0.0672. The van der Waals surface area contributed by atoms with Crippen LogP contribution >= 0.6 is 0 Å². The number of rotatable bonds is 3. The van der Waals surface area contributed by atoms with Gasteiger partial charge in [-0.1, -0.05) is 0 Å². The number of carbonyl (C=O) groups excluding carboxylic acids is 1. The van der Waals surface area contributed by atoms with Crippen molar-refractivity contribution in [1.29, 1.82) is 0 Å². The first-order chi connectivity index (χ1) is 5.58. The SMILES string of the molecule is C/C(=C\C(F)(F)C(C)(F)F)C(N)=O. The monoisotopic (exact) mass is 199 g/mol. The molecule has 76 valence electrons. The van der Waals surface area contributed by atoms with E-state index in [1.165, 1.54) is 0 Å². The molecule has 0 atom stereocenters. The van der Waals surface area contributed by atoms with E-state index in [4.69, 9.17) is 0 Å². The van der Waals surface area contributed by atoms with Crippen LogP contribution in [-0.4, -0.2) is 17.8 Å². The number of carbonyl (C=O) groups is 1. The van der Waals surface area contributed by atoms with E-state index in [1.807, 2.05) is 0 Å². The highest BCUT2D eigenvalue weighted by atomic mass is 19.3. The number of allylic oxidation sites excluding steroid dienone is 1. The Morgan fingerprint density at radius 2 is 1.69 bits per heavy atom. The zero-order valence-electron chi connectivity index (χ0n) is 7.07. The van der Waals surface area contributed by atoms with E-state index in [9.17, 15) is 22.4 Å². The van der Waals surface area contributed by atoms with Gasteiger partial charge in [-0.05, 0) is 13.0 Å². The lowest BCUT2D eigenvalue weighted by atomic mass is 10.1. The van der Waals surface area contributed by atoms with Gasteiger partial charge in [0.1, 0.15) is 0 Å². The lowest BCUT2D eigenvalue weighted by molar-refractivity contribution is -0.167. The van der Waals surface area contributed by atoms with E-state index in [0.717, 1.165) is 6.92 Å². The predicted octanol–water partition coefficient (Wildman–Crippen LogP) is 1.71. The van der Waals surface area contributed by atoms with Crippen LogP contribution in [0.2, 0.25) is 0 Å². The standard InChI is InChI=1S/C7H9F4NO/c1-4(5(12)13)3-7(10,11)6(2,8)9/h3H,1-2H3,(H2,12,13)/b4-3+. The molecule has 0 saturated heterocycles. The fourth-order valence-electron chi connectivity index (χ4n) is 0.470. The summed E-state index contributed by atoms with van der Waals surface area (Å²) >= 11 is 0. The molecule has 0 bridgehead atoms. The second-order valence-electron chi connectivity index (χ2n) is 2.70. The first-order valence-electron chi connectivity index (χ1n) is 3.33. The molecule has 0 aliphatic carbocycles. The van der Waals surface area contributed by atoms with Crippen LogP contribution in [0.4, 0.5) is 17.6 Å². The number of hydrogen-bond donors (Lipinski definition) is 1. The van der Waals surface area contributed by atoms with Gasteiger partial charge in [0.05, 0.1) is 0 Å². The van der Waals surface area contributed by atoms with Gasteiger partial charge in [0.25, 0.3) is 0 Å². The van der Waals surface area contributed by atoms with Crippen LogP contribution in [0.15, 0.2) is 11.6 Å². The lowest BCUT2D eigenvalue weighted by Crippen LogP contribution is -2.36. The molecule has 2 N–H and O–H groups in total. The van der Waals surface area contributed by atoms with Crippen LogP contribution in [0.5, 0.6) is 0 Å². The second kappa shape index (κ2) is 3.35. The maximum absolute atomic E-state index is 12.5. The molecule has 0 heterocycles. The van der Waals surface area contributed by atoms with Crippen molar-refractivity contribution in [3.8, 4) is 0 Å². The van der Waals surface area contributed by atoms with Crippen molar-refractivity contribution >= 4 is 5.91 Å². The average Bonchev–Trinajstić information content (AvgIpc) is 1.83. The lowest BCUT2D eigenvalue weighted by Gasteiger charge is -2.19. The number of halogens is 4. The molecule has 0 aliphatic rings. The van der Waals surface area contributed by atoms with Gasteiger partial charge < -0.3 is 5.73 Å². The third-order valence-corrected chi connectivity index (χ3v) is 1.37. The third kappa shape index (κ3) is 3.04. The van der Waals surface area contributed by atoms with Gasteiger partial charge in [0.15, 0.2) is 0 Å². The molecule has 1 amide bonds. The Labute approximate surface area is 72.4 Å². The fourth-order valence-corrected chi connectivity index (χ4v) is 0.470. The van der Waals surface area contributed by atoms with Crippen molar-refractivity contribution in [3.63, 3.8) is 0 Å². The average molecular weight is 199 g/mol. The maximum Gasteiger partial charge on any atom is 0.329 e. The maximum atomic E-state index is 12.5. The molecule has 13 heavy (non-hydrogen) atoms. The Hall–Kier alpha value is -1.07. The molecule has 0 aliphatic heterocycles. The molecule has 0 rings (SSSR count). The van der Waals surface area contributed by atoms with Gasteiger partial charge >= 0.3 is 11.8 Å². The topological polar surface area (TPSA) is 43.1 Å². The van der Waals surface area contributed by atoms with Crippen LogP contribution in [0.3, 0.4) is 0 Å². The van der Waals surface area contributed by atoms with Crippen molar-refractivity contribution in [2.45, 2.75) is 25.7 Å². The summed E-state index contributed by atoms with van der Waals surface area (Å²) in [6.07, 6.45) is -0.130. The van der Waals surface area contributed by atoms with E-state index in [-0.39, 0.29) is 13.0 Å². The molecule has 0 radical (unpaired) electrons. The summed E-state index contributed by atoms with van der Waals surface area (Å²) in [4.78, 5) is 10.3. The molecule has 0 aromatic carbocycles. The Kier molecular flexibility index (Phi) is 3.08. The van der Waals surface area contributed by atoms with Crippen LogP contribution in [0.1, 0.15) is 13.8 Å². The van der Waals surface area contributed by atoms with E-state index >= 15 is 0 Å². The second-order valence-corrected chi connectivity index (χ2v) is 2.70. The van der Waals surface area contributed by atoms with E-state index in [2.05, 4.69) is 5.73 Å². The summed E-state index contributed by atoms with van der Waals surface area (Å²) in [5.41, 5.74) is 4.01. The summed E-state index contributed by atoms with van der Waals surface area (Å²) in [6.45, 7) is 1.01. The molecule has 0 fully saturated rings. The molecule has 0 aromatic heterocycles. The summed E-state index contributed by atoms with van der Waals surface area (Å²) < 4.78 is 49.4. The number of nitrogens with two attached hydrogens (primary N) is 1. The quantitative estimate of drug-likeness (QED) is 0.545. The smallest absolute Gasteiger partial charge is 0.329 e. The van der Waals surface area contributed by atoms with Crippen molar-refractivity contribution in [3.05, 3.63) is 11.6 Å². The van der Waals surface area contributed by atoms with Crippen LogP contribution < -0.4 is 5.73 Å². The van der Waals surface area contributed by atoms with Gasteiger partial charge in [-0.2, -0.15) is 17.6 Å². The molecule has 0 aromatic rings. The van der Waals surface area contributed by atoms with Crippen molar-refractivity contribution in [2.24, 2.45) is 5.73 Å². The Morgan fingerprint density at radius 3 is 1.92 bits per heavy atom. The number of amides is 1. The van der Waals surface area contributed by atoms with Gasteiger partial charge in [-0.3, -0.25) is 4.79 Å². The number of primary amides is 1. The highest BCUT2D eigenvalue weighted by Crippen LogP contribution is 2.35. The highest BCUT2D eigenvalue weighted by molar-refractivity contribution is 5.91. The van der Waals surface area contributed by atoms with Crippen molar-refractivity contribution in [2.75, 3.05) is 0 Å². The largest absolute Gasteiger partial charge is 0.366 e. The summed E-state index contributed by atoms with van der Waals surface area (Å²) in [5, 5.41) is 0. The van der Waals surface area contributed by atoms with Gasteiger partial charge in [0.2, 0.25) is 5.91 Å². The number of alkyl halides is 4. The summed E-state index contributed by atoms with van der Waals surface area (Å²) in [6, 6.07) is 0. The van der Waals surface area contributed by atoms with E-state index < -0.39 is 23.3 Å². The fraction of sp³-hybridized carbons (Fsp3) is 0.571. The van der Waals surface area contributed by atoms with Crippen molar-refractivity contribution in [1.82, 2.24) is 0 Å². The predicted molar refractivity (Wildman–Crippen MR) is 38.5 cm³/mol. The van der Waals surface area contributed by atoms with Gasteiger partial charge in [-0.25, -0.2) is 0 Å². The van der Waals surface area contributed by atoms with Crippen LogP contribution in [0, 0.1) is 0 Å². The molecule has 0 spiro atoms. The third-order valence-electron chi connectivity index (χ3n) is 1.37. The molecule has 6 heteroatoms. The Bertz CT molecular complexity index is 241. The minimum atomic E-state index is -4.36. The number of hydrogen-bond acceptors (Lipinski definition) is 1. The Morgan fingerprint density at radius 1 is 1.31 bits per heavy atom. The molecule has 0 saturated carbocycles. The van der Waals surface area contributed by atoms with Crippen molar-refractivity contribution < 1.29 is 22.4 Å². The van der Waals surface area contributed by atoms with Gasteiger partial charge in [0, 0.05) is 12.5 Å². The van der Waals surface area contributed by atoms with Crippen LogP contribution in [0.25, 0.3) is 0 Å². The normalized spacial score (nSPS) is 14.5. The molecular weight excluding hydrogens is 190 g/mol.